The molecule has 0 radical (unpaired) electrons. The molecule has 1 amide bonds. The fourth-order valence-electron chi connectivity index (χ4n) is 3.75. The predicted molar refractivity (Wildman–Crippen MR) is 124 cm³/mol. The van der Waals surface area contributed by atoms with Gasteiger partial charge in [-0.25, -0.2) is 9.67 Å². The van der Waals surface area contributed by atoms with Crippen molar-refractivity contribution in [1.82, 2.24) is 24.6 Å². The normalized spacial score (nSPS) is 15.0. The van der Waals surface area contributed by atoms with E-state index in [0.717, 1.165) is 31.0 Å². The summed E-state index contributed by atoms with van der Waals surface area (Å²) in [6.07, 6.45) is 4.30. The number of hydrogen-bond donors (Lipinski definition) is 0. The molecule has 3 aromatic rings. The Bertz CT molecular complexity index is 1080. The Morgan fingerprint density at radius 1 is 1.06 bits per heavy atom. The number of benzene rings is 1. The van der Waals surface area contributed by atoms with Gasteiger partial charge in [-0.3, -0.25) is 9.69 Å². The summed E-state index contributed by atoms with van der Waals surface area (Å²) in [7, 11) is 0. The highest BCUT2D eigenvalue weighted by atomic mass is 35.5. The lowest BCUT2D eigenvalue weighted by Crippen LogP contribution is -2.48. The van der Waals surface area contributed by atoms with Gasteiger partial charge in [0.2, 0.25) is 0 Å². The summed E-state index contributed by atoms with van der Waals surface area (Å²) in [5, 5.41) is 4.82. The Hall–Kier alpha value is -2.96. The molecule has 6 nitrogen and oxygen atoms in total. The van der Waals surface area contributed by atoms with Crippen molar-refractivity contribution in [2.24, 2.45) is 0 Å². The highest BCUT2D eigenvalue weighted by molar-refractivity contribution is 6.33. The van der Waals surface area contributed by atoms with Crippen LogP contribution in [-0.2, 0) is 0 Å². The Kier molecular flexibility index (Phi) is 6.49. The van der Waals surface area contributed by atoms with Crippen LogP contribution in [0.15, 0.2) is 54.6 Å². The van der Waals surface area contributed by atoms with Crippen LogP contribution in [0.5, 0.6) is 0 Å². The zero-order chi connectivity index (χ0) is 21.8. The minimum Gasteiger partial charge on any atom is -0.335 e. The Balaban J connectivity index is 1.39. The maximum atomic E-state index is 13.1. The van der Waals surface area contributed by atoms with Crippen LogP contribution in [0.3, 0.4) is 0 Å². The summed E-state index contributed by atoms with van der Waals surface area (Å²) in [5.74, 6) is 0.468. The zero-order valence-corrected chi connectivity index (χ0v) is 18.6. The molecule has 31 heavy (non-hydrogen) atoms. The number of amides is 1. The van der Waals surface area contributed by atoms with E-state index in [1.54, 1.807) is 16.8 Å². The van der Waals surface area contributed by atoms with E-state index in [-0.39, 0.29) is 11.6 Å². The van der Waals surface area contributed by atoms with Crippen molar-refractivity contribution in [3.05, 3.63) is 82.3 Å². The van der Waals surface area contributed by atoms with Crippen LogP contribution in [0, 0.1) is 13.8 Å². The fourth-order valence-corrected chi connectivity index (χ4v) is 3.93. The van der Waals surface area contributed by atoms with E-state index in [4.69, 9.17) is 11.6 Å². The van der Waals surface area contributed by atoms with E-state index in [2.05, 4.69) is 39.3 Å². The van der Waals surface area contributed by atoms with E-state index in [0.29, 0.717) is 23.9 Å². The van der Waals surface area contributed by atoms with Gasteiger partial charge < -0.3 is 4.90 Å². The second kappa shape index (κ2) is 9.45. The van der Waals surface area contributed by atoms with E-state index in [1.165, 1.54) is 5.56 Å². The topological polar surface area (TPSA) is 54.3 Å². The molecule has 3 heterocycles. The number of pyridine rings is 1. The molecule has 0 atom stereocenters. The molecular weight excluding hydrogens is 410 g/mol. The minimum atomic E-state index is -0.132. The van der Waals surface area contributed by atoms with Crippen molar-refractivity contribution in [2.75, 3.05) is 32.7 Å². The monoisotopic (exact) mass is 435 g/mol. The lowest BCUT2D eigenvalue weighted by atomic mass is 10.2. The third kappa shape index (κ3) is 5.03. The van der Waals surface area contributed by atoms with E-state index >= 15 is 0 Å². The van der Waals surface area contributed by atoms with E-state index < -0.39 is 0 Å². The summed E-state index contributed by atoms with van der Waals surface area (Å²) in [6, 6.07) is 15.7. The van der Waals surface area contributed by atoms with Gasteiger partial charge in [0.05, 0.1) is 10.7 Å². The summed E-state index contributed by atoms with van der Waals surface area (Å²) < 4.78 is 1.74. The number of nitrogens with zero attached hydrogens (tertiary/aromatic N) is 5. The maximum Gasteiger partial charge on any atom is 0.274 e. The summed E-state index contributed by atoms with van der Waals surface area (Å²) in [6.45, 7) is 7.70. The maximum absolute atomic E-state index is 13.1. The third-order valence-corrected chi connectivity index (χ3v) is 5.70. The van der Waals surface area contributed by atoms with Crippen LogP contribution < -0.4 is 0 Å². The second-order valence-electron chi connectivity index (χ2n) is 7.74. The Morgan fingerprint density at radius 2 is 1.81 bits per heavy atom. The molecule has 7 heteroatoms. The molecule has 160 valence electrons. The number of carbonyl (C=O) groups excluding carboxylic acids is 1. The molecule has 0 unspecified atom stereocenters. The second-order valence-corrected chi connectivity index (χ2v) is 8.15. The predicted octanol–water partition coefficient (Wildman–Crippen LogP) is 4.01. The number of carbonyl (C=O) groups is 1. The van der Waals surface area contributed by atoms with Crippen LogP contribution in [0.25, 0.3) is 11.9 Å². The number of rotatable bonds is 5. The summed E-state index contributed by atoms with van der Waals surface area (Å²) in [4.78, 5) is 21.8. The highest BCUT2D eigenvalue weighted by Crippen LogP contribution is 2.20. The number of aryl methyl sites for hydroxylation is 2. The highest BCUT2D eigenvalue weighted by Gasteiger charge is 2.25. The fraction of sp³-hybridized carbons (Fsp3) is 0.292. The number of hydrogen-bond acceptors (Lipinski definition) is 4. The number of piperazine rings is 1. The van der Waals surface area contributed by atoms with Gasteiger partial charge in [-0.1, -0.05) is 54.1 Å². The van der Waals surface area contributed by atoms with Crippen LogP contribution in [0.2, 0.25) is 5.02 Å². The minimum absolute atomic E-state index is 0.132. The smallest absolute Gasteiger partial charge is 0.274 e. The van der Waals surface area contributed by atoms with Crippen molar-refractivity contribution in [2.45, 2.75) is 13.8 Å². The van der Waals surface area contributed by atoms with Crippen molar-refractivity contribution in [1.29, 1.82) is 0 Å². The van der Waals surface area contributed by atoms with Crippen molar-refractivity contribution in [3.63, 3.8) is 0 Å². The molecule has 0 N–H and O–H groups in total. The molecule has 1 aromatic carbocycles. The SMILES string of the molecule is Cc1cc(C)n(-c2ccc(Cl)c(C(=O)N3CCN(C/C=C/c4ccccc4)CC3)n2)n1. The molecule has 0 aliphatic carbocycles. The molecule has 1 saturated heterocycles. The molecule has 1 fully saturated rings. The molecule has 1 aliphatic heterocycles. The van der Waals surface area contributed by atoms with Crippen LogP contribution in [0.4, 0.5) is 0 Å². The average molecular weight is 436 g/mol. The molecule has 1 aliphatic rings. The molecule has 2 aromatic heterocycles. The van der Waals surface area contributed by atoms with E-state index in [9.17, 15) is 4.79 Å². The van der Waals surface area contributed by atoms with Gasteiger partial charge in [0.25, 0.3) is 5.91 Å². The van der Waals surface area contributed by atoms with Crippen molar-refractivity contribution < 1.29 is 4.79 Å². The largest absolute Gasteiger partial charge is 0.335 e. The van der Waals surface area contributed by atoms with Gasteiger partial charge in [-0.15, -0.1) is 0 Å². The quantitative estimate of drug-likeness (QED) is 0.607. The Labute approximate surface area is 187 Å². The molecule has 0 bridgehead atoms. The van der Waals surface area contributed by atoms with Crippen LogP contribution >= 0.6 is 11.6 Å². The number of aromatic nitrogens is 3. The first kappa shape index (κ1) is 21.3. The average Bonchev–Trinajstić information content (AvgIpc) is 3.13. The van der Waals surface area contributed by atoms with Gasteiger partial charge in [0.15, 0.2) is 5.82 Å². The first-order valence-electron chi connectivity index (χ1n) is 10.4. The number of halogens is 1. The summed E-state index contributed by atoms with van der Waals surface area (Å²) in [5.41, 5.74) is 3.34. The molecule has 4 rings (SSSR count). The molecule has 0 saturated carbocycles. The molecule has 0 spiro atoms. The third-order valence-electron chi connectivity index (χ3n) is 5.39. The zero-order valence-electron chi connectivity index (χ0n) is 17.8. The van der Waals surface area contributed by atoms with Crippen molar-refractivity contribution >= 4 is 23.6 Å². The van der Waals surface area contributed by atoms with E-state index in [1.807, 2.05) is 43.0 Å². The first-order valence-corrected chi connectivity index (χ1v) is 10.8. The van der Waals surface area contributed by atoms with Gasteiger partial charge in [0, 0.05) is 38.4 Å². The van der Waals surface area contributed by atoms with Crippen molar-refractivity contribution in [3.8, 4) is 5.82 Å². The van der Waals surface area contributed by atoms with Gasteiger partial charge in [0.1, 0.15) is 5.69 Å². The molecular formula is C24H26ClN5O. The standard InChI is InChI=1S/C24H26ClN5O/c1-18-17-19(2)30(27-18)22-11-10-21(25)23(26-22)24(31)29-15-13-28(14-16-29)12-6-9-20-7-4-3-5-8-20/h3-11,17H,12-16H2,1-2H3/b9-6+. The lowest BCUT2D eigenvalue weighted by molar-refractivity contribution is 0.0644. The van der Waals surface area contributed by atoms with Gasteiger partial charge in [-0.05, 0) is 37.6 Å². The van der Waals surface area contributed by atoms with Crippen LogP contribution in [-0.4, -0.2) is 63.2 Å². The van der Waals surface area contributed by atoms with Gasteiger partial charge >= 0.3 is 0 Å². The Morgan fingerprint density at radius 3 is 2.48 bits per heavy atom. The van der Waals surface area contributed by atoms with Gasteiger partial charge in [-0.2, -0.15) is 5.10 Å². The lowest BCUT2D eigenvalue weighted by Gasteiger charge is -2.34. The first-order chi connectivity index (χ1) is 15.0. The van der Waals surface area contributed by atoms with Crippen LogP contribution in [0.1, 0.15) is 27.4 Å². The summed E-state index contributed by atoms with van der Waals surface area (Å²) >= 11 is 6.34.